The highest BCUT2D eigenvalue weighted by Crippen LogP contribution is 2.24. The molecule has 2 nitrogen and oxygen atoms in total. The van der Waals surface area contributed by atoms with Crippen molar-refractivity contribution in [2.75, 3.05) is 6.54 Å². The fourth-order valence-corrected chi connectivity index (χ4v) is 4.06. The lowest BCUT2D eigenvalue weighted by Gasteiger charge is -2.33. The molecule has 1 aliphatic heterocycles. The molecule has 0 aromatic heterocycles. The Morgan fingerprint density at radius 2 is 1.26 bits per heavy atom. The topological polar surface area (TPSA) is 6.48 Å². The molecule has 2 rings (SSSR count). The molecule has 0 bridgehead atoms. The molecule has 0 amide bonds. The summed E-state index contributed by atoms with van der Waals surface area (Å²) in [5, 5.41) is 0. The minimum atomic E-state index is 0.555. The standard InChI is InChI=1S/C25H42N2/c1-3-5-7-8-9-10-11-12-16-20-26-21-22-27(25(26)19-6-4-2)23-24-17-14-13-15-18-24/h13-15,17-18,21-22,25H,3-12,16,19-20,23H2,1-2H3. The number of hydrogen-bond donors (Lipinski definition) is 0. The summed E-state index contributed by atoms with van der Waals surface area (Å²) in [7, 11) is 0. The average molecular weight is 371 g/mol. The second kappa shape index (κ2) is 13.7. The monoisotopic (exact) mass is 370 g/mol. The Kier molecular flexibility index (Phi) is 11.1. The molecular weight excluding hydrogens is 328 g/mol. The van der Waals surface area contributed by atoms with Gasteiger partial charge in [0.15, 0.2) is 0 Å². The molecule has 1 heterocycles. The molecule has 0 radical (unpaired) electrons. The van der Waals surface area contributed by atoms with E-state index >= 15 is 0 Å². The van der Waals surface area contributed by atoms with Crippen molar-refractivity contribution in [2.24, 2.45) is 0 Å². The Bertz CT molecular complexity index is 496. The number of nitrogens with zero attached hydrogens (tertiary/aromatic N) is 2. The van der Waals surface area contributed by atoms with Gasteiger partial charge in [-0.25, -0.2) is 0 Å². The van der Waals surface area contributed by atoms with E-state index in [1.165, 1.54) is 89.2 Å². The molecule has 2 heteroatoms. The zero-order chi connectivity index (χ0) is 19.2. The molecule has 1 aliphatic rings. The molecule has 27 heavy (non-hydrogen) atoms. The van der Waals surface area contributed by atoms with Crippen LogP contribution in [0.5, 0.6) is 0 Å². The fraction of sp³-hybridized carbons (Fsp3) is 0.680. The normalized spacial score (nSPS) is 16.4. The number of hydrogen-bond acceptors (Lipinski definition) is 2. The first kappa shape index (κ1) is 21.9. The first-order chi connectivity index (χ1) is 13.3. The predicted molar refractivity (Wildman–Crippen MR) is 118 cm³/mol. The van der Waals surface area contributed by atoms with Crippen LogP contribution in [0.15, 0.2) is 42.7 Å². The van der Waals surface area contributed by atoms with Crippen molar-refractivity contribution in [3.8, 4) is 0 Å². The van der Waals surface area contributed by atoms with Gasteiger partial charge in [0.1, 0.15) is 6.17 Å². The van der Waals surface area contributed by atoms with Gasteiger partial charge >= 0.3 is 0 Å². The van der Waals surface area contributed by atoms with E-state index in [4.69, 9.17) is 0 Å². The van der Waals surface area contributed by atoms with Crippen LogP contribution in [0.2, 0.25) is 0 Å². The minimum absolute atomic E-state index is 0.555. The van der Waals surface area contributed by atoms with Crippen LogP contribution in [0.3, 0.4) is 0 Å². The lowest BCUT2D eigenvalue weighted by atomic mass is 10.1. The van der Waals surface area contributed by atoms with Crippen molar-refractivity contribution in [2.45, 2.75) is 104 Å². The van der Waals surface area contributed by atoms with Crippen LogP contribution in [-0.2, 0) is 6.54 Å². The zero-order valence-corrected chi connectivity index (χ0v) is 17.9. The van der Waals surface area contributed by atoms with Crippen molar-refractivity contribution >= 4 is 0 Å². The summed E-state index contributed by atoms with van der Waals surface area (Å²) < 4.78 is 0. The highest BCUT2D eigenvalue weighted by atomic mass is 15.4. The van der Waals surface area contributed by atoms with Crippen molar-refractivity contribution in [3.63, 3.8) is 0 Å². The summed E-state index contributed by atoms with van der Waals surface area (Å²) in [6, 6.07) is 10.9. The van der Waals surface area contributed by atoms with Gasteiger partial charge in [-0.3, -0.25) is 0 Å². The SMILES string of the molecule is CCCCCCCCCCCN1C=CN(Cc2ccccc2)C1CCCC. The number of benzene rings is 1. The van der Waals surface area contributed by atoms with Crippen LogP contribution >= 0.6 is 0 Å². The Labute approximate surface area is 168 Å². The molecular formula is C25H42N2. The quantitative estimate of drug-likeness (QED) is 0.298. The maximum Gasteiger partial charge on any atom is 0.101 e. The zero-order valence-electron chi connectivity index (χ0n) is 17.9. The van der Waals surface area contributed by atoms with E-state index in [2.05, 4.69) is 66.4 Å². The van der Waals surface area contributed by atoms with Crippen LogP contribution in [0, 0.1) is 0 Å². The average Bonchev–Trinajstić information content (AvgIpc) is 3.07. The third-order valence-electron chi connectivity index (χ3n) is 5.76. The van der Waals surface area contributed by atoms with E-state index in [1.54, 1.807) is 0 Å². The largest absolute Gasteiger partial charge is 0.356 e. The second-order valence-corrected chi connectivity index (χ2v) is 8.15. The fourth-order valence-electron chi connectivity index (χ4n) is 4.06. The van der Waals surface area contributed by atoms with Crippen LogP contribution in [0.4, 0.5) is 0 Å². The molecule has 0 fully saturated rings. The van der Waals surface area contributed by atoms with E-state index < -0.39 is 0 Å². The second-order valence-electron chi connectivity index (χ2n) is 8.15. The van der Waals surface area contributed by atoms with Crippen molar-refractivity contribution in [3.05, 3.63) is 48.3 Å². The van der Waals surface area contributed by atoms with Gasteiger partial charge in [0.25, 0.3) is 0 Å². The molecule has 1 aromatic rings. The van der Waals surface area contributed by atoms with Gasteiger partial charge in [0.2, 0.25) is 0 Å². The Morgan fingerprint density at radius 3 is 1.93 bits per heavy atom. The van der Waals surface area contributed by atoms with E-state index in [0.29, 0.717) is 6.17 Å². The summed E-state index contributed by atoms with van der Waals surface area (Å²) in [6.45, 7) is 6.84. The van der Waals surface area contributed by atoms with Gasteiger partial charge in [0, 0.05) is 25.5 Å². The van der Waals surface area contributed by atoms with Crippen LogP contribution in [-0.4, -0.2) is 22.5 Å². The third kappa shape index (κ3) is 8.41. The van der Waals surface area contributed by atoms with Gasteiger partial charge in [0.05, 0.1) is 0 Å². The van der Waals surface area contributed by atoms with E-state index in [-0.39, 0.29) is 0 Å². The summed E-state index contributed by atoms with van der Waals surface area (Å²) in [5.74, 6) is 0. The molecule has 1 aromatic carbocycles. The first-order valence-corrected chi connectivity index (χ1v) is 11.6. The highest BCUT2D eigenvalue weighted by molar-refractivity contribution is 5.15. The molecule has 1 atom stereocenters. The molecule has 1 unspecified atom stereocenters. The number of rotatable bonds is 15. The van der Waals surface area contributed by atoms with E-state index in [1.807, 2.05) is 0 Å². The molecule has 0 saturated carbocycles. The van der Waals surface area contributed by atoms with Crippen LogP contribution < -0.4 is 0 Å². The van der Waals surface area contributed by atoms with Crippen molar-refractivity contribution in [1.29, 1.82) is 0 Å². The summed E-state index contributed by atoms with van der Waals surface area (Å²) in [4.78, 5) is 5.14. The van der Waals surface area contributed by atoms with Crippen molar-refractivity contribution in [1.82, 2.24) is 9.80 Å². The Morgan fingerprint density at radius 1 is 0.667 bits per heavy atom. The lowest BCUT2D eigenvalue weighted by Crippen LogP contribution is -2.38. The predicted octanol–water partition coefficient (Wildman–Crippen LogP) is 7.32. The third-order valence-corrected chi connectivity index (χ3v) is 5.76. The summed E-state index contributed by atoms with van der Waals surface area (Å²) in [5.41, 5.74) is 1.41. The lowest BCUT2D eigenvalue weighted by molar-refractivity contribution is 0.133. The maximum atomic E-state index is 2.60. The van der Waals surface area contributed by atoms with Crippen LogP contribution in [0.25, 0.3) is 0 Å². The first-order valence-electron chi connectivity index (χ1n) is 11.6. The Balaban J connectivity index is 1.67. The van der Waals surface area contributed by atoms with Gasteiger partial charge in [-0.1, -0.05) is 102 Å². The van der Waals surface area contributed by atoms with Crippen molar-refractivity contribution < 1.29 is 0 Å². The molecule has 0 saturated heterocycles. The smallest absolute Gasteiger partial charge is 0.101 e. The number of unbranched alkanes of at least 4 members (excludes halogenated alkanes) is 9. The summed E-state index contributed by atoms with van der Waals surface area (Å²) in [6.07, 6.45) is 21.7. The maximum absolute atomic E-state index is 2.60. The molecule has 0 spiro atoms. The molecule has 0 N–H and O–H groups in total. The van der Waals surface area contributed by atoms with Gasteiger partial charge in [-0.2, -0.15) is 0 Å². The van der Waals surface area contributed by atoms with Crippen LogP contribution in [0.1, 0.15) is 96.5 Å². The molecule has 152 valence electrons. The van der Waals surface area contributed by atoms with Gasteiger partial charge < -0.3 is 9.80 Å². The Hall–Kier alpha value is -1.44. The summed E-state index contributed by atoms with van der Waals surface area (Å²) >= 11 is 0. The van der Waals surface area contributed by atoms with E-state index in [0.717, 1.165) is 6.54 Å². The highest BCUT2D eigenvalue weighted by Gasteiger charge is 2.25. The van der Waals surface area contributed by atoms with E-state index in [9.17, 15) is 0 Å². The van der Waals surface area contributed by atoms with Gasteiger partial charge in [-0.05, 0) is 24.8 Å². The minimum Gasteiger partial charge on any atom is -0.356 e. The van der Waals surface area contributed by atoms with Gasteiger partial charge in [-0.15, -0.1) is 0 Å². The molecule has 0 aliphatic carbocycles.